The van der Waals surface area contributed by atoms with Crippen LogP contribution >= 0.6 is 0 Å². The van der Waals surface area contributed by atoms with Gasteiger partial charge >= 0.3 is 0 Å². The molecule has 0 saturated carbocycles. The molecular weight excluding hydrogens is 254 g/mol. The van der Waals surface area contributed by atoms with Crippen LogP contribution in [0.2, 0.25) is 0 Å². The van der Waals surface area contributed by atoms with Crippen molar-refractivity contribution in [3.63, 3.8) is 0 Å². The molecule has 5 nitrogen and oxygen atoms in total. The zero-order chi connectivity index (χ0) is 14.4. The van der Waals surface area contributed by atoms with Crippen molar-refractivity contribution in [3.05, 3.63) is 23.5 Å². The van der Waals surface area contributed by atoms with E-state index < -0.39 is 0 Å². The van der Waals surface area contributed by atoms with E-state index in [9.17, 15) is 4.79 Å². The first-order valence-electron chi connectivity index (χ1n) is 7.34. The topological polar surface area (TPSA) is 57.4 Å². The summed E-state index contributed by atoms with van der Waals surface area (Å²) < 4.78 is 5.07. The first-order valence-corrected chi connectivity index (χ1v) is 7.34. The maximum absolute atomic E-state index is 12.0. The third-order valence-corrected chi connectivity index (χ3v) is 3.94. The minimum absolute atomic E-state index is 0.0292. The Morgan fingerprint density at radius 3 is 3.15 bits per heavy atom. The Hall–Kier alpha value is -1.33. The summed E-state index contributed by atoms with van der Waals surface area (Å²) >= 11 is 0. The van der Waals surface area contributed by atoms with Gasteiger partial charge in [0.15, 0.2) is 0 Å². The molecule has 1 atom stereocenters. The van der Waals surface area contributed by atoms with Crippen LogP contribution in [0, 0.1) is 12.8 Å². The SMILES string of the molecule is COCCCN1CCC(CNC(=O)c2cc[nH]c2C)C1. The monoisotopic (exact) mass is 279 g/mol. The summed E-state index contributed by atoms with van der Waals surface area (Å²) in [5.41, 5.74) is 1.68. The molecule has 2 heterocycles. The summed E-state index contributed by atoms with van der Waals surface area (Å²) in [6.45, 7) is 6.82. The minimum atomic E-state index is 0.0292. The van der Waals surface area contributed by atoms with E-state index in [4.69, 9.17) is 4.74 Å². The number of nitrogens with zero attached hydrogens (tertiary/aromatic N) is 1. The normalized spacial score (nSPS) is 19.4. The molecule has 1 aromatic heterocycles. The second-order valence-electron chi connectivity index (χ2n) is 5.53. The first-order chi connectivity index (χ1) is 9.70. The van der Waals surface area contributed by atoms with E-state index in [0.717, 1.165) is 50.5 Å². The fourth-order valence-corrected chi connectivity index (χ4v) is 2.75. The highest BCUT2D eigenvalue weighted by Gasteiger charge is 2.22. The molecule has 0 spiro atoms. The summed E-state index contributed by atoms with van der Waals surface area (Å²) in [7, 11) is 1.74. The fraction of sp³-hybridized carbons (Fsp3) is 0.667. The average molecular weight is 279 g/mol. The molecule has 20 heavy (non-hydrogen) atoms. The van der Waals surface area contributed by atoms with Crippen molar-refractivity contribution in [3.8, 4) is 0 Å². The first kappa shape index (κ1) is 15.1. The number of hydrogen-bond acceptors (Lipinski definition) is 3. The molecule has 0 aromatic carbocycles. The number of carbonyl (C=O) groups is 1. The number of aromatic nitrogens is 1. The molecule has 1 amide bonds. The largest absolute Gasteiger partial charge is 0.385 e. The van der Waals surface area contributed by atoms with Gasteiger partial charge in [0.2, 0.25) is 0 Å². The van der Waals surface area contributed by atoms with Crippen LogP contribution in [0.4, 0.5) is 0 Å². The number of ether oxygens (including phenoxy) is 1. The predicted molar refractivity (Wildman–Crippen MR) is 78.9 cm³/mol. The van der Waals surface area contributed by atoms with Crippen LogP contribution in [0.3, 0.4) is 0 Å². The third-order valence-electron chi connectivity index (χ3n) is 3.94. The molecule has 0 bridgehead atoms. The van der Waals surface area contributed by atoms with Crippen LogP contribution in [0.25, 0.3) is 0 Å². The van der Waals surface area contributed by atoms with Crippen molar-refractivity contribution in [1.82, 2.24) is 15.2 Å². The van der Waals surface area contributed by atoms with Crippen molar-refractivity contribution in [2.75, 3.05) is 39.9 Å². The number of hydrogen-bond donors (Lipinski definition) is 2. The van der Waals surface area contributed by atoms with Gasteiger partial charge in [-0.1, -0.05) is 0 Å². The predicted octanol–water partition coefficient (Wildman–Crippen LogP) is 1.41. The molecule has 1 unspecified atom stereocenters. The molecule has 0 radical (unpaired) electrons. The van der Waals surface area contributed by atoms with Gasteiger partial charge in [-0.25, -0.2) is 0 Å². The Labute approximate surface area is 120 Å². The smallest absolute Gasteiger partial charge is 0.253 e. The van der Waals surface area contributed by atoms with Crippen LogP contribution in [0.15, 0.2) is 12.3 Å². The van der Waals surface area contributed by atoms with E-state index in [1.165, 1.54) is 6.42 Å². The maximum atomic E-state index is 12.0. The van der Waals surface area contributed by atoms with Gasteiger partial charge in [-0.3, -0.25) is 4.79 Å². The molecule has 2 N–H and O–H groups in total. The lowest BCUT2D eigenvalue weighted by Crippen LogP contribution is -2.31. The minimum Gasteiger partial charge on any atom is -0.385 e. The molecule has 2 rings (SSSR count). The lowest BCUT2D eigenvalue weighted by molar-refractivity contribution is 0.0947. The van der Waals surface area contributed by atoms with Gasteiger partial charge < -0.3 is 19.9 Å². The van der Waals surface area contributed by atoms with Gasteiger partial charge in [0.1, 0.15) is 0 Å². The molecule has 5 heteroatoms. The van der Waals surface area contributed by atoms with Crippen molar-refractivity contribution >= 4 is 5.91 Å². The molecule has 1 saturated heterocycles. The second-order valence-corrected chi connectivity index (χ2v) is 5.53. The molecule has 1 aromatic rings. The zero-order valence-electron chi connectivity index (χ0n) is 12.4. The molecule has 1 fully saturated rings. The molecule has 0 aliphatic carbocycles. The summed E-state index contributed by atoms with van der Waals surface area (Å²) in [6, 6.07) is 1.83. The van der Waals surface area contributed by atoms with E-state index in [-0.39, 0.29) is 5.91 Å². The Kier molecular flexibility index (Phi) is 5.61. The number of methoxy groups -OCH3 is 1. The van der Waals surface area contributed by atoms with E-state index in [1.807, 2.05) is 13.0 Å². The van der Waals surface area contributed by atoms with E-state index in [2.05, 4.69) is 15.2 Å². The van der Waals surface area contributed by atoms with Gasteiger partial charge in [0.25, 0.3) is 5.91 Å². The summed E-state index contributed by atoms with van der Waals surface area (Å²) in [5.74, 6) is 0.599. The van der Waals surface area contributed by atoms with E-state index in [0.29, 0.717) is 5.92 Å². The Bertz CT molecular complexity index is 431. The number of nitrogens with one attached hydrogen (secondary N) is 2. The van der Waals surface area contributed by atoms with Crippen molar-refractivity contribution < 1.29 is 9.53 Å². The van der Waals surface area contributed by atoms with Crippen molar-refractivity contribution in [2.45, 2.75) is 19.8 Å². The molecule has 112 valence electrons. The van der Waals surface area contributed by atoms with Crippen LogP contribution < -0.4 is 5.32 Å². The Morgan fingerprint density at radius 1 is 1.60 bits per heavy atom. The van der Waals surface area contributed by atoms with Crippen molar-refractivity contribution in [2.24, 2.45) is 5.92 Å². The standard InChI is InChI=1S/C15H25N3O2/c1-12-14(4-6-16-12)15(19)17-10-13-5-8-18(11-13)7-3-9-20-2/h4,6,13,16H,3,5,7-11H2,1-2H3,(H,17,19). The zero-order valence-corrected chi connectivity index (χ0v) is 12.4. The van der Waals surface area contributed by atoms with Crippen LogP contribution in [-0.2, 0) is 4.74 Å². The van der Waals surface area contributed by atoms with Gasteiger partial charge in [0, 0.05) is 45.2 Å². The fourth-order valence-electron chi connectivity index (χ4n) is 2.75. The lowest BCUT2D eigenvalue weighted by atomic mass is 10.1. The van der Waals surface area contributed by atoms with Gasteiger partial charge in [-0.05, 0) is 38.3 Å². The molecule has 1 aliphatic rings. The molecular formula is C15H25N3O2. The van der Waals surface area contributed by atoms with Gasteiger partial charge in [0.05, 0.1) is 5.56 Å². The highest BCUT2D eigenvalue weighted by atomic mass is 16.5. The van der Waals surface area contributed by atoms with Crippen LogP contribution in [0.5, 0.6) is 0 Å². The Morgan fingerprint density at radius 2 is 2.45 bits per heavy atom. The maximum Gasteiger partial charge on any atom is 0.253 e. The lowest BCUT2D eigenvalue weighted by Gasteiger charge is -2.16. The number of H-pyrrole nitrogens is 1. The Balaban J connectivity index is 1.68. The number of likely N-dealkylation sites (tertiary alicyclic amines) is 1. The van der Waals surface area contributed by atoms with Gasteiger partial charge in [-0.2, -0.15) is 0 Å². The van der Waals surface area contributed by atoms with E-state index in [1.54, 1.807) is 13.3 Å². The summed E-state index contributed by atoms with van der Waals surface area (Å²) in [4.78, 5) is 17.5. The molecule has 1 aliphatic heterocycles. The quantitative estimate of drug-likeness (QED) is 0.742. The van der Waals surface area contributed by atoms with E-state index >= 15 is 0 Å². The van der Waals surface area contributed by atoms with Crippen LogP contribution in [-0.4, -0.2) is 55.7 Å². The number of amides is 1. The number of rotatable bonds is 7. The number of carbonyl (C=O) groups excluding carboxylic acids is 1. The summed E-state index contributed by atoms with van der Waals surface area (Å²) in [6.07, 6.45) is 4.05. The van der Waals surface area contributed by atoms with Crippen molar-refractivity contribution in [1.29, 1.82) is 0 Å². The number of aryl methyl sites for hydroxylation is 1. The third kappa shape index (κ3) is 4.08. The van der Waals surface area contributed by atoms with Gasteiger partial charge in [-0.15, -0.1) is 0 Å². The highest BCUT2D eigenvalue weighted by Crippen LogP contribution is 2.15. The van der Waals surface area contributed by atoms with Crippen LogP contribution in [0.1, 0.15) is 28.9 Å². The average Bonchev–Trinajstić information content (AvgIpc) is 3.05. The summed E-state index contributed by atoms with van der Waals surface area (Å²) in [5, 5.41) is 3.05. The highest BCUT2D eigenvalue weighted by molar-refractivity contribution is 5.95. The number of aromatic amines is 1. The second kappa shape index (κ2) is 7.45.